The second-order valence-corrected chi connectivity index (χ2v) is 5.94. The molecule has 0 saturated carbocycles. The van der Waals surface area contributed by atoms with Gasteiger partial charge in [-0.05, 0) is 31.0 Å². The normalized spacial score (nSPS) is 25.3. The minimum absolute atomic E-state index is 0.316. The molecule has 0 spiro atoms. The molecule has 0 radical (unpaired) electrons. The van der Waals surface area contributed by atoms with E-state index >= 15 is 0 Å². The summed E-state index contributed by atoms with van der Waals surface area (Å²) in [5, 5.41) is 0. The number of benzene rings is 1. The molecule has 4 heteroatoms. The molecular formula is C14H21BrN2O. The monoisotopic (exact) mass is 312 g/mol. The molecule has 2 rings (SSSR count). The van der Waals surface area contributed by atoms with Gasteiger partial charge in [-0.1, -0.05) is 28.1 Å². The molecule has 1 aliphatic rings. The first-order chi connectivity index (χ1) is 8.58. The van der Waals surface area contributed by atoms with E-state index in [4.69, 9.17) is 10.5 Å². The smallest absolute Gasteiger partial charge is 0.0678 e. The van der Waals surface area contributed by atoms with Crippen LogP contribution in [0, 0.1) is 0 Å². The SMILES string of the molecule is C[C@@H]1CN(Cc2ccc(CN)cc2Br)C[C@H](C)O1. The predicted molar refractivity (Wildman–Crippen MR) is 77.3 cm³/mol. The summed E-state index contributed by atoms with van der Waals surface area (Å²) in [6, 6.07) is 6.38. The van der Waals surface area contributed by atoms with Gasteiger partial charge in [0.1, 0.15) is 0 Å². The van der Waals surface area contributed by atoms with Crippen LogP contribution in [0.1, 0.15) is 25.0 Å². The molecule has 1 saturated heterocycles. The van der Waals surface area contributed by atoms with Crippen LogP contribution in [0.15, 0.2) is 22.7 Å². The van der Waals surface area contributed by atoms with Gasteiger partial charge < -0.3 is 10.5 Å². The standard InChI is InChI=1S/C14H21BrN2O/c1-10-7-17(8-11(2)18-10)9-13-4-3-12(6-16)5-14(13)15/h3-5,10-11H,6-9,16H2,1-2H3/t10-,11+. The molecule has 1 fully saturated rings. The zero-order valence-corrected chi connectivity index (χ0v) is 12.6. The maximum atomic E-state index is 5.75. The zero-order chi connectivity index (χ0) is 13.1. The van der Waals surface area contributed by atoms with Crippen molar-refractivity contribution in [2.45, 2.75) is 39.1 Å². The van der Waals surface area contributed by atoms with Crippen molar-refractivity contribution in [1.29, 1.82) is 0 Å². The third-order valence-electron chi connectivity index (χ3n) is 3.24. The van der Waals surface area contributed by atoms with Crippen molar-refractivity contribution < 1.29 is 4.74 Å². The Hall–Kier alpha value is -0.420. The van der Waals surface area contributed by atoms with E-state index in [-0.39, 0.29) is 0 Å². The Balaban J connectivity index is 2.04. The molecule has 1 aromatic carbocycles. The van der Waals surface area contributed by atoms with Crippen molar-refractivity contribution in [3.05, 3.63) is 33.8 Å². The van der Waals surface area contributed by atoms with Crippen LogP contribution in [-0.4, -0.2) is 30.2 Å². The number of hydrogen-bond donors (Lipinski definition) is 1. The van der Waals surface area contributed by atoms with Gasteiger partial charge in [0.05, 0.1) is 12.2 Å². The van der Waals surface area contributed by atoms with Crippen LogP contribution < -0.4 is 5.73 Å². The van der Waals surface area contributed by atoms with Gasteiger partial charge in [0, 0.05) is 30.7 Å². The fraction of sp³-hybridized carbons (Fsp3) is 0.571. The van der Waals surface area contributed by atoms with Crippen molar-refractivity contribution in [3.8, 4) is 0 Å². The lowest BCUT2D eigenvalue weighted by atomic mass is 10.1. The molecule has 0 aromatic heterocycles. The molecular weight excluding hydrogens is 292 g/mol. The minimum atomic E-state index is 0.316. The zero-order valence-electron chi connectivity index (χ0n) is 11.0. The lowest BCUT2D eigenvalue weighted by molar-refractivity contribution is -0.0705. The number of ether oxygens (including phenoxy) is 1. The summed E-state index contributed by atoms with van der Waals surface area (Å²) in [7, 11) is 0. The molecule has 0 unspecified atom stereocenters. The highest BCUT2D eigenvalue weighted by Crippen LogP contribution is 2.22. The molecule has 1 heterocycles. The first kappa shape index (κ1) is 14.0. The van der Waals surface area contributed by atoms with Crippen molar-refractivity contribution in [3.63, 3.8) is 0 Å². The van der Waals surface area contributed by atoms with E-state index in [2.05, 4.69) is 52.9 Å². The largest absolute Gasteiger partial charge is 0.373 e. The Morgan fingerprint density at radius 2 is 2.00 bits per heavy atom. The predicted octanol–water partition coefficient (Wildman–Crippen LogP) is 2.52. The number of rotatable bonds is 3. The van der Waals surface area contributed by atoms with Crippen LogP contribution in [0.4, 0.5) is 0 Å². The van der Waals surface area contributed by atoms with Crippen LogP contribution >= 0.6 is 15.9 Å². The lowest BCUT2D eigenvalue weighted by Gasteiger charge is -2.35. The van der Waals surface area contributed by atoms with Crippen LogP contribution in [0.3, 0.4) is 0 Å². The van der Waals surface area contributed by atoms with E-state index in [9.17, 15) is 0 Å². The molecule has 2 N–H and O–H groups in total. The van der Waals surface area contributed by atoms with E-state index in [1.807, 2.05) is 0 Å². The quantitative estimate of drug-likeness (QED) is 0.932. The van der Waals surface area contributed by atoms with Gasteiger partial charge in [0.15, 0.2) is 0 Å². The summed E-state index contributed by atoms with van der Waals surface area (Å²) in [6.07, 6.45) is 0.631. The van der Waals surface area contributed by atoms with E-state index in [0.717, 1.165) is 29.7 Å². The third kappa shape index (κ3) is 3.54. The van der Waals surface area contributed by atoms with Gasteiger partial charge in [-0.15, -0.1) is 0 Å². The minimum Gasteiger partial charge on any atom is -0.373 e. The third-order valence-corrected chi connectivity index (χ3v) is 3.98. The first-order valence-corrected chi connectivity index (χ1v) is 7.23. The molecule has 3 nitrogen and oxygen atoms in total. The summed E-state index contributed by atoms with van der Waals surface area (Å²) < 4.78 is 6.90. The molecule has 0 bridgehead atoms. The molecule has 2 atom stereocenters. The van der Waals surface area contributed by atoms with E-state index in [1.165, 1.54) is 5.56 Å². The van der Waals surface area contributed by atoms with Crippen LogP contribution in [0.5, 0.6) is 0 Å². The van der Waals surface area contributed by atoms with Crippen molar-refractivity contribution in [2.24, 2.45) is 5.73 Å². The fourth-order valence-electron chi connectivity index (χ4n) is 2.50. The van der Waals surface area contributed by atoms with E-state index < -0.39 is 0 Å². The van der Waals surface area contributed by atoms with Gasteiger partial charge in [-0.3, -0.25) is 4.90 Å². The summed E-state index contributed by atoms with van der Waals surface area (Å²) >= 11 is 3.63. The Kier molecular flexibility index (Phi) is 4.78. The lowest BCUT2D eigenvalue weighted by Crippen LogP contribution is -2.44. The van der Waals surface area contributed by atoms with Gasteiger partial charge in [0.2, 0.25) is 0 Å². The number of hydrogen-bond acceptors (Lipinski definition) is 3. The number of morpholine rings is 1. The fourth-order valence-corrected chi connectivity index (χ4v) is 3.05. The van der Waals surface area contributed by atoms with Crippen LogP contribution in [0.2, 0.25) is 0 Å². The van der Waals surface area contributed by atoms with Crippen LogP contribution in [-0.2, 0) is 17.8 Å². The highest BCUT2D eigenvalue weighted by atomic mass is 79.9. The molecule has 1 aromatic rings. The highest BCUT2D eigenvalue weighted by Gasteiger charge is 2.22. The first-order valence-electron chi connectivity index (χ1n) is 6.43. The Bertz CT molecular complexity index is 401. The maximum Gasteiger partial charge on any atom is 0.0678 e. The average Bonchev–Trinajstić information content (AvgIpc) is 2.30. The molecule has 100 valence electrons. The molecule has 0 aliphatic carbocycles. The second-order valence-electron chi connectivity index (χ2n) is 5.08. The van der Waals surface area contributed by atoms with Crippen molar-refractivity contribution >= 4 is 15.9 Å². The van der Waals surface area contributed by atoms with E-state index in [0.29, 0.717) is 18.8 Å². The highest BCUT2D eigenvalue weighted by molar-refractivity contribution is 9.10. The number of halogens is 1. The second kappa shape index (κ2) is 6.15. The number of nitrogens with zero attached hydrogens (tertiary/aromatic N) is 1. The maximum absolute atomic E-state index is 5.75. The van der Waals surface area contributed by atoms with Gasteiger partial charge in [-0.2, -0.15) is 0 Å². The summed E-state index contributed by atoms with van der Waals surface area (Å²) in [5.74, 6) is 0. The summed E-state index contributed by atoms with van der Waals surface area (Å²) in [6.45, 7) is 7.81. The van der Waals surface area contributed by atoms with Gasteiger partial charge in [0.25, 0.3) is 0 Å². The Labute approximate surface area is 117 Å². The van der Waals surface area contributed by atoms with Crippen LogP contribution in [0.25, 0.3) is 0 Å². The molecule has 1 aliphatic heterocycles. The number of nitrogens with two attached hydrogens (primary N) is 1. The Morgan fingerprint density at radius 3 is 2.56 bits per heavy atom. The van der Waals surface area contributed by atoms with Crippen molar-refractivity contribution in [2.75, 3.05) is 13.1 Å². The Morgan fingerprint density at radius 1 is 1.33 bits per heavy atom. The topological polar surface area (TPSA) is 38.5 Å². The van der Waals surface area contributed by atoms with E-state index in [1.54, 1.807) is 0 Å². The summed E-state index contributed by atoms with van der Waals surface area (Å²) in [5.41, 5.74) is 8.12. The van der Waals surface area contributed by atoms with Gasteiger partial charge >= 0.3 is 0 Å². The molecule has 0 amide bonds. The average molecular weight is 313 g/mol. The van der Waals surface area contributed by atoms with Crippen molar-refractivity contribution in [1.82, 2.24) is 4.90 Å². The van der Waals surface area contributed by atoms with Gasteiger partial charge in [-0.25, -0.2) is 0 Å². The molecule has 18 heavy (non-hydrogen) atoms. The summed E-state index contributed by atoms with van der Waals surface area (Å²) in [4.78, 5) is 2.45.